The standard InChI is InChI=1S/C30H28Cl2FN5O3.CH4/c1-41-28(39)15-4-6-17(20(34)10-15)21-12-23-26(36-21)24(18-8-9-35-27(32)25(18)33)30(38(23)13-14-2-3-14)19-7-5-16(31)11-22(19)37-29(30)40;/h4-11,14,21,23-24,26,36H,2-3,12-13,34H2,1H3,(H,37,40);1H4/t21?,23-,24-,26+,30+;/m0./s1. The van der Waals surface area contributed by atoms with Crippen molar-refractivity contribution in [2.75, 3.05) is 24.7 Å². The van der Waals surface area contributed by atoms with Crippen molar-refractivity contribution in [3.8, 4) is 0 Å². The van der Waals surface area contributed by atoms with E-state index in [4.69, 9.17) is 33.7 Å². The lowest BCUT2D eigenvalue weighted by molar-refractivity contribution is -0.128. The number of nitrogen functional groups attached to an aromatic ring is 1. The smallest absolute Gasteiger partial charge is 0.337 e. The molecule has 3 aromatic rings. The Balaban J connectivity index is 0.00000316. The molecule has 1 amide bonds. The van der Waals surface area contributed by atoms with Crippen LogP contribution in [0.2, 0.25) is 10.2 Å². The number of aromatic nitrogens is 1. The van der Waals surface area contributed by atoms with Crippen LogP contribution in [0.3, 0.4) is 0 Å². The number of rotatable bonds is 5. The van der Waals surface area contributed by atoms with E-state index in [0.29, 0.717) is 46.4 Å². The normalized spacial score (nSPS) is 27.9. The highest BCUT2D eigenvalue weighted by Gasteiger charge is 2.69. The van der Waals surface area contributed by atoms with Gasteiger partial charge in [0.25, 0.3) is 0 Å². The summed E-state index contributed by atoms with van der Waals surface area (Å²) in [5.41, 5.74) is 8.68. The monoisotopic (exact) mass is 611 g/mol. The van der Waals surface area contributed by atoms with Crippen LogP contribution in [-0.2, 0) is 15.1 Å². The molecule has 8 nitrogen and oxygen atoms in total. The second-order valence-electron chi connectivity index (χ2n) is 11.4. The lowest BCUT2D eigenvalue weighted by Crippen LogP contribution is -2.53. The Bertz CT molecular complexity index is 1600. The number of halogens is 3. The zero-order valence-electron chi connectivity index (χ0n) is 22.2. The van der Waals surface area contributed by atoms with E-state index < -0.39 is 23.2 Å². The molecule has 0 radical (unpaired) electrons. The van der Waals surface area contributed by atoms with Gasteiger partial charge in [0.05, 0.1) is 12.7 Å². The molecule has 2 aromatic carbocycles. The van der Waals surface area contributed by atoms with Crippen molar-refractivity contribution in [2.24, 2.45) is 5.92 Å². The van der Waals surface area contributed by atoms with Crippen molar-refractivity contribution in [3.05, 3.63) is 86.9 Å². The first-order chi connectivity index (χ1) is 19.7. The number of amides is 1. The second-order valence-corrected chi connectivity index (χ2v) is 12.2. The summed E-state index contributed by atoms with van der Waals surface area (Å²) in [5.74, 6) is -1.48. The maximum absolute atomic E-state index is 15.9. The molecule has 5 atom stereocenters. The predicted octanol–water partition coefficient (Wildman–Crippen LogP) is 5.66. The number of carbonyl (C=O) groups excluding carboxylic acids is 2. The Morgan fingerprint density at radius 3 is 2.69 bits per heavy atom. The Morgan fingerprint density at radius 2 is 1.98 bits per heavy atom. The van der Waals surface area contributed by atoms with E-state index in [1.165, 1.54) is 13.3 Å². The zero-order chi connectivity index (χ0) is 28.6. The van der Waals surface area contributed by atoms with Gasteiger partial charge in [-0.1, -0.05) is 42.8 Å². The Morgan fingerprint density at radius 1 is 1.19 bits per heavy atom. The molecular weight excluding hydrogens is 580 g/mol. The lowest BCUT2D eigenvalue weighted by atomic mass is 9.74. The van der Waals surface area contributed by atoms with Crippen molar-refractivity contribution in [2.45, 2.75) is 56.3 Å². The van der Waals surface area contributed by atoms with Crippen molar-refractivity contribution in [1.82, 2.24) is 15.2 Å². The number of nitrogens with two attached hydrogens (primary N) is 1. The van der Waals surface area contributed by atoms with E-state index in [0.717, 1.165) is 24.0 Å². The molecule has 42 heavy (non-hydrogen) atoms. The van der Waals surface area contributed by atoms with Crippen LogP contribution in [-0.4, -0.2) is 47.5 Å². The van der Waals surface area contributed by atoms with Crippen LogP contribution in [0.15, 0.2) is 48.7 Å². The topological polar surface area (TPSA) is 110 Å². The predicted molar refractivity (Wildman–Crippen MR) is 160 cm³/mol. The molecule has 3 aliphatic heterocycles. The van der Waals surface area contributed by atoms with E-state index in [1.54, 1.807) is 30.3 Å². The number of likely N-dealkylation sites (tertiary alicyclic amines) is 1. The van der Waals surface area contributed by atoms with E-state index >= 15 is 4.39 Å². The third kappa shape index (κ3) is 4.20. The van der Waals surface area contributed by atoms with Crippen molar-refractivity contribution in [3.63, 3.8) is 0 Å². The van der Waals surface area contributed by atoms with Crippen LogP contribution in [0.25, 0.3) is 0 Å². The molecular formula is C31H32Cl2FN5O3. The molecule has 1 aromatic heterocycles. The zero-order valence-corrected chi connectivity index (χ0v) is 23.7. The maximum atomic E-state index is 15.9. The van der Waals surface area contributed by atoms with Gasteiger partial charge in [0, 0.05) is 64.3 Å². The van der Waals surface area contributed by atoms with E-state index in [-0.39, 0.29) is 36.6 Å². The van der Waals surface area contributed by atoms with Gasteiger partial charge in [-0.2, -0.15) is 0 Å². The summed E-state index contributed by atoms with van der Waals surface area (Å²) in [4.78, 5) is 32.6. The van der Waals surface area contributed by atoms with Gasteiger partial charge >= 0.3 is 5.97 Å². The van der Waals surface area contributed by atoms with Gasteiger partial charge in [0.1, 0.15) is 5.54 Å². The summed E-state index contributed by atoms with van der Waals surface area (Å²) in [6, 6.07) is 11.5. The fourth-order valence-corrected chi connectivity index (χ4v) is 7.66. The Kier molecular flexibility index (Phi) is 7.20. The van der Waals surface area contributed by atoms with Gasteiger partial charge in [-0.15, -0.1) is 0 Å². The number of hydrogen-bond donors (Lipinski definition) is 3. The highest BCUT2D eigenvalue weighted by atomic mass is 35.5. The quantitative estimate of drug-likeness (QED) is 0.194. The number of hydrogen-bond acceptors (Lipinski definition) is 7. The highest BCUT2D eigenvalue weighted by Crippen LogP contribution is 2.61. The average molecular weight is 613 g/mol. The minimum absolute atomic E-state index is 0. The molecule has 4 heterocycles. The van der Waals surface area contributed by atoms with Gasteiger partial charge in [-0.3, -0.25) is 9.69 Å². The first kappa shape index (κ1) is 28.9. The molecule has 1 unspecified atom stereocenters. The number of methoxy groups -OCH3 is 1. The molecule has 11 heteroatoms. The van der Waals surface area contributed by atoms with Gasteiger partial charge in [0.15, 0.2) is 11.0 Å². The summed E-state index contributed by atoms with van der Waals surface area (Å²) >= 11 is 12.6. The first-order valence-electron chi connectivity index (χ1n) is 13.7. The van der Waals surface area contributed by atoms with Gasteiger partial charge in [-0.25, -0.2) is 14.2 Å². The summed E-state index contributed by atoms with van der Waals surface area (Å²) < 4.78 is 20.7. The molecule has 7 rings (SSSR count). The Hall–Kier alpha value is -3.24. The summed E-state index contributed by atoms with van der Waals surface area (Å²) in [6.45, 7) is 0.693. The molecule has 4 N–H and O–H groups in total. The van der Waals surface area contributed by atoms with E-state index in [9.17, 15) is 9.59 Å². The Labute approximate surface area is 253 Å². The molecule has 1 aliphatic carbocycles. The average Bonchev–Trinajstić information content (AvgIpc) is 3.52. The lowest BCUT2D eigenvalue weighted by Gasteiger charge is -2.41. The van der Waals surface area contributed by atoms with Crippen LogP contribution in [0, 0.1) is 11.7 Å². The number of nitrogens with one attached hydrogen (secondary N) is 2. The number of benzene rings is 2. The number of pyridine rings is 1. The van der Waals surface area contributed by atoms with Crippen LogP contribution in [0.5, 0.6) is 0 Å². The summed E-state index contributed by atoms with van der Waals surface area (Å²) in [7, 11) is 1.33. The maximum Gasteiger partial charge on any atom is 0.337 e. The minimum atomic E-state index is -1.18. The van der Waals surface area contributed by atoms with Crippen molar-refractivity contribution in [1.29, 1.82) is 0 Å². The van der Waals surface area contributed by atoms with Crippen molar-refractivity contribution >= 4 is 46.5 Å². The third-order valence-electron chi connectivity index (χ3n) is 9.18. The molecule has 2 saturated heterocycles. The fraction of sp³-hybridized carbons (Fsp3) is 0.387. The molecule has 0 bridgehead atoms. The number of ether oxygens (including phenoxy) is 1. The largest absolute Gasteiger partial charge is 0.465 e. The minimum Gasteiger partial charge on any atom is -0.465 e. The summed E-state index contributed by atoms with van der Waals surface area (Å²) in [5, 5.41) is 7.07. The number of carbonyl (C=O) groups is 2. The van der Waals surface area contributed by atoms with Gasteiger partial charge in [-0.05, 0) is 61.1 Å². The molecule has 220 valence electrons. The number of nitrogens with zero attached hydrogens (tertiary/aromatic N) is 2. The van der Waals surface area contributed by atoms with Crippen LogP contribution in [0.4, 0.5) is 15.8 Å². The van der Waals surface area contributed by atoms with E-state index in [1.807, 2.05) is 12.1 Å². The van der Waals surface area contributed by atoms with Gasteiger partial charge in [0.2, 0.25) is 5.91 Å². The molecule has 3 fully saturated rings. The molecule has 4 aliphatic rings. The SMILES string of the molecule is C.COC(=O)c1ccc(C2C[C@H]3[C@@H](N2)[C@H](c2ccnc(Cl)c2F)[C@]2(C(=O)Nc4cc(Cl)ccc42)N3CC2CC2)c(N)c1. The molecule has 1 saturated carbocycles. The number of esters is 1. The highest BCUT2D eigenvalue weighted by molar-refractivity contribution is 6.31. The van der Waals surface area contributed by atoms with Crippen LogP contribution in [0.1, 0.15) is 65.7 Å². The number of anilines is 2. The summed E-state index contributed by atoms with van der Waals surface area (Å²) in [6.07, 6.45) is 4.28. The van der Waals surface area contributed by atoms with E-state index in [2.05, 4.69) is 20.5 Å². The fourth-order valence-electron chi connectivity index (χ4n) is 7.33. The number of fused-ring (bicyclic) bond motifs is 3. The third-order valence-corrected chi connectivity index (χ3v) is 9.68. The molecule has 1 spiro atoms. The van der Waals surface area contributed by atoms with Crippen molar-refractivity contribution < 1.29 is 18.7 Å². The second kappa shape index (κ2) is 10.5. The van der Waals surface area contributed by atoms with Crippen LogP contribution < -0.4 is 16.4 Å². The van der Waals surface area contributed by atoms with Gasteiger partial charge < -0.3 is 21.1 Å². The van der Waals surface area contributed by atoms with Crippen LogP contribution >= 0.6 is 23.2 Å². The first-order valence-corrected chi connectivity index (χ1v) is 14.4.